The minimum atomic E-state index is -0.329. The van der Waals surface area contributed by atoms with Crippen molar-refractivity contribution in [1.82, 2.24) is 9.80 Å². The average Bonchev–Trinajstić information content (AvgIpc) is 3.32. The Hall–Kier alpha value is -2.36. The van der Waals surface area contributed by atoms with Crippen molar-refractivity contribution in [3.8, 4) is 0 Å². The molecule has 408 valence electrons. The molecule has 0 rings (SSSR count). The van der Waals surface area contributed by atoms with E-state index in [1.807, 2.05) is 14.1 Å². The van der Waals surface area contributed by atoms with E-state index in [0.717, 1.165) is 173 Å². The van der Waals surface area contributed by atoms with E-state index in [-0.39, 0.29) is 48.7 Å². The van der Waals surface area contributed by atoms with Crippen LogP contribution in [0, 0.1) is 0 Å². The molecule has 0 aliphatic heterocycles. The number of carbonyl (C=O) groups excluding carboxylic acids is 4. The maximum atomic E-state index is 13.8. The standard InChI is InChI=1S/C59H114N2O8/c1-8-13-18-30-40-53(41-31-19-14-9-2)67-57(63)46-36-28-24-22-26-34-44-55(69-59(65)61(50-39-49-60(6)7)51-48-56(62)66-52-38-17-12-5)45-35-27-23-25-29-37-47-58(64)68-54(42-32-20-15-10-3)43-33-21-16-11-4/h53-55H,8-52H2,1-7H3. The van der Waals surface area contributed by atoms with E-state index in [9.17, 15) is 19.2 Å². The number of amides is 1. The number of ether oxygens (including phenoxy) is 4. The van der Waals surface area contributed by atoms with Gasteiger partial charge in [0.05, 0.1) is 13.0 Å². The Labute approximate surface area is 427 Å². The zero-order valence-corrected chi connectivity index (χ0v) is 46.7. The first-order chi connectivity index (χ1) is 33.6. The monoisotopic (exact) mass is 979 g/mol. The summed E-state index contributed by atoms with van der Waals surface area (Å²) in [6, 6.07) is 0. The molecule has 1 amide bonds. The molecule has 0 fully saturated rings. The number of rotatable bonds is 52. The summed E-state index contributed by atoms with van der Waals surface area (Å²) in [5, 5.41) is 0. The highest BCUT2D eigenvalue weighted by atomic mass is 16.6. The fraction of sp³-hybridized carbons (Fsp3) is 0.932. The van der Waals surface area contributed by atoms with Crippen molar-refractivity contribution >= 4 is 24.0 Å². The quantitative estimate of drug-likeness (QED) is 0.0334. The minimum Gasteiger partial charge on any atom is -0.466 e. The van der Waals surface area contributed by atoms with Gasteiger partial charge >= 0.3 is 24.0 Å². The zero-order chi connectivity index (χ0) is 50.8. The molecule has 0 saturated heterocycles. The first kappa shape index (κ1) is 66.6. The molecule has 0 N–H and O–H groups in total. The molecule has 10 heteroatoms. The van der Waals surface area contributed by atoms with Crippen LogP contribution >= 0.6 is 0 Å². The van der Waals surface area contributed by atoms with Gasteiger partial charge in [-0.1, -0.05) is 176 Å². The molecule has 0 aromatic rings. The van der Waals surface area contributed by atoms with Gasteiger partial charge in [-0.25, -0.2) is 4.79 Å². The Morgan fingerprint density at radius 3 is 1.04 bits per heavy atom. The molecule has 0 aromatic carbocycles. The number of esters is 3. The lowest BCUT2D eigenvalue weighted by Gasteiger charge is -2.26. The Balaban J connectivity index is 5.14. The molecule has 0 saturated carbocycles. The van der Waals surface area contributed by atoms with Crippen LogP contribution in [0.4, 0.5) is 4.79 Å². The van der Waals surface area contributed by atoms with E-state index < -0.39 is 0 Å². The SMILES string of the molecule is CCCCCCC(CCCCCC)OC(=O)CCCCCCCCC(CCCCCCCCC(=O)OC(CCCCCC)CCCCCC)OC(=O)N(CCCN(C)C)CCC(=O)OCCCCC. The molecule has 0 unspecified atom stereocenters. The van der Waals surface area contributed by atoms with Gasteiger partial charge in [-0.15, -0.1) is 0 Å². The van der Waals surface area contributed by atoms with Crippen LogP contribution in [0.3, 0.4) is 0 Å². The van der Waals surface area contributed by atoms with Gasteiger partial charge in [-0.2, -0.15) is 0 Å². The molecule has 0 atom stereocenters. The molecule has 0 aliphatic carbocycles. The highest BCUT2D eigenvalue weighted by Gasteiger charge is 2.22. The van der Waals surface area contributed by atoms with Crippen LogP contribution in [0.2, 0.25) is 0 Å². The number of nitrogens with zero attached hydrogens (tertiary/aromatic N) is 2. The summed E-state index contributed by atoms with van der Waals surface area (Å²) in [6.07, 6.45) is 41.7. The smallest absolute Gasteiger partial charge is 0.410 e. The van der Waals surface area contributed by atoms with Crippen LogP contribution in [0.5, 0.6) is 0 Å². The van der Waals surface area contributed by atoms with E-state index in [1.54, 1.807) is 4.90 Å². The fourth-order valence-corrected chi connectivity index (χ4v) is 9.09. The molecule has 10 nitrogen and oxygen atoms in total. The second-order valence-corrected chi connectivity index (χ2v) is 20.8. The molecule has 0 heterocycles. The highest BCUT2D eigenvalue weighted by Crippen LogP contribution is 2.21. The van der Waals surface area contributed by atoms with Crippen LogP contribution in [0.15, 0.2) is 0 Å². The van der Waals surface area contributed by atoms with Crippen molar-refractivity contribution in [3.63, 3.8) is 0 Å². The number of carbonyl (C=O) groups is 4. The van der Waals surface area contributed by atoms with Crippen molar-refractivity contribution in [2.45, 2.75) is 316 Å². The summed E-state index contributed by atoms with van der Waals surface area (Å²) in [5.41, 5.74) is 0. The summed E-state index contributed by atoms with van der Waals surface area (Å²) in [6.45, 7) is 13.1. The topological polar surface area (TPSA) is 112 Å². The summed E-state index contributed by atoms with van der Waals surface area (Å²) in [7, 11) is 4.05. The van der Waals surface area contributed by atoms with Gasteiger partial charge in [-0.3, -0.25) is 14.4 Å². The van der Waals surface area contributed by atoms with Gasteiger partial charge in [0.2, 0.25) is 0 Å². The lowest BCUT2D eigenvalue weighted by atomic mass is 10.0. The van der Waals surface area contributed by atoms with Gasteiger partial charge in [0.1, 0.15) is 18.3 Å². The van der Waals surface area contributed by atoms with Crippen LogP contribution < -0.4 is 0 Å². The third-order valence-corrected chi connectivity index (χ3v) is 13.6. The molecule has 0 radical (unpaired) electrons. The highest BCUT2D eigenvalue weighted by molar-refractivity contribution is 5.72. The van der Waals surface area contributed by atoms with Crippen molar-refractivity contribution in [2.75, 3.05) is 40.3 Å². The summed E-state index contributed by atoms with van der Waals surface area (Å²) in [5.74, 6) is -0.318. The van der Waals surface area contributed by atoms with Crippen LogP contribution in [-0.4, -0.2) is 92.4 Å². The Morgan fingerprint density at radius 2 is 0.667 bits per heavy atom. The maximum Gasteiger partial charge on any atom is 0.410 e. The van der Waals surface area contributed by atoms with Gasteiger partial charge in [0.15, 0.2) is 0 Å². The van der Waals surface area contributed by atoms with E-state index in [0.29, 0.717) is 32.5 Å². The predicted octanol–water partition coefficient (Wildman–Crippen LogP) is 16.8. The Kier molecular flexibility index (Phi) is 48.8. The number of hydrogen-bond donors (Lipinski definition) is 0. The van der Waals surface area contributed by atoms with E-state index in [4.69, 9.17) is 18.9 Å². The normalized spacial score (nSPS) is 11.6. The number of unbranched alkanes of at least 4 members (excludes halogenated alkanes) is 24. The van der Waals surface area contributed by atoms with Crippen LogP contribution in [0.1, 0.15) is 298 Å². The Bertz CT molecular complexity index is 1090. The molecular weight excluding hydrogens is 865 g/mol. The van der Waals surface area contributed by atoms with Crippen LogP contribution in [-0.2, 0) is 33.3 Å². The summed E-state index contributed by atoms with van der Waals surface area (Å²) in [4.78, 5) is 55.8. The summed E-state index contributed by atoms with van der Waals surface area (Å²) >= 11 is 0. The van der Waals surface area contributed by atoms with Crippen LogP contribution in [0.25, 0.3) is 0 Å². The third kappa shape index (κ3) is 45.3. The molecule has 69 heavy (non-hydrogen) atoms. The minimum absolute atomic E-state index is 0.0275. The summed E-state index contributed by atoms with van der Waals surface area (Å²) < 4.78 is 23.8. The number of hydrogen-bond acceptors (Lipinski definition) is 9. The van der Waals surface area contributed by atoms with Gasteiger partial charge in [0.25, 0.3) is 0 Å². The van der Waals surface area contributed by atoms with Crippen molar-refractivity contribution in [3.05, 3.63) is 0 Å². The maximum absolute atomic E-state index is 13.8. The molecule has 0 spiro atoms. The van der Waals surface area contributed by atoms with Gasteiger partial charge < -0.3 is 28.7 Å². The second-order valence-electron chi connectivity index (χ2n) is 20.8. The lowest BCUT2D eigenvalue weighted by Crippen LogP contribution is -2.37. The predicted molar refractivity (Wildman–Crippen MR) is 289 cm³/mol. The van der Waals surface area contributed by atoms with Crippen molar-refractivity contribution in [2.24, 2.45) is 0 Å². The molecule has 0 aromatic heterocycles. The second kappa shape index (κ2) is 50.6. The molecular formula is C59H114N2O8. The van der Waals surface area contributed by atoms with Crippen molar-refractivity contribution in [1.29, 1.82) is 0 Å². The zero-order valence-electron chi connectivity index (χ0n) is 46.7. The third-order valence-electron chi connectivity index (χ3n) is 13.6. The van der Waals surface area contributed by atoms with Crippen molar-refractivity contribution < 1.29 is 38.1 Å². The van der Waals surface area contributed by atoms with E-state index in [1.165, 1.54) is 77.0 Å². The Morgan fingerprint density at radius 1 is 0.333 bits per heavy atom. The van der Waals surface area contributed by atoms with Gasteiger partial charge in [-0.05, 0) is 123 Å². The molecule has 0 aliphatic rings. The first-order valence-corrected chi connectivity index (χ1v) is 29.7. The fourth-order valence-electron chi connectivity index (χ4n) is 9.09. The average molecular weight is 980 g/mol. The van der Waals surface area contributed by atoms with E-state index in [2.05, 4.69) is 39.5 Å². The largest absolute Gasteiger partial charge is 0.466 e. The van der Waals surface area contributed by atoms with E-state index >= 15 is 0 Å². The lowest BCUT2D eigenvalue weighted by molar-refractivity contribution is -0.151. The first-order valence-electron chi connectivity index (χ1n) is 29.7. The van der Waals surface area contributed by atoms with Gasteiger partial charge in [0, 0.05) is 25.9 Å². The molecule has 0 bridgehead atoms.